The molecular weight excluding hydrogens is 482 g/mol. The summed E-state index contributed by atoms with van der Waals surface area (Å²) >= 11 is 6.09. The van der Waals surface area contributed by atoms with Gasteiger partial charge in [-0.15, -0.1) is 0 Å². The molecule has 0 N–H and O–H groups in total. The normalized spacial score (nSPS) is 12.5. The maximum atomic E-state index is 13.1. The Bertz CT molecular complexity index is 1410. The molecule has 0 atom stereocenters. The number of halogens is 1. The van der Waals surface area contributed by atoms with Crippen LogP contribution in [0.25, 0.3) is 0 Å². The Morgan fingerprint density at radius 3 is 2.09 bits per heavy atom. The van der Waals surface area contributed by atoms with E-state index in [4.69, 9.17) is 11.6 Å². The fourth-order valence-electron chi connectivity index (χ4n) is 3.23. The van der Waals surface area contributed by atoms with E-state index in [2.05, 4.69) is 4.98 Å². The van der Waals surface area contributed by atoms with E-state index in [0.717, 1.165) is 18.0 Å². The Morgan fingerprint density at radius 2 is 1.58 bits per heavy atom. The van der Waals surface area contributed by atoms with Gasteiger partial charge in [0.2, 0.25) is 0 Å². The van der Waals surface area contributed by atoms with E-state index in [1.807, 2.05) is 20.8 Å². The van der Waals surface area contributed by atoms with Crippen LogP contribution in [-0.4, -0.2) is 33.9 Å². The van der Waals surface area contributed by atoms with Crippen LogP contribution in [0.4, 0.5) is 0 Å². The second-order valence-electron chi connectivity index (χ2n) is 8.82. The largest absolute Gasteiger partial charge is 0.289 e. The van der Waals surface area contributed by atoms with Gasteiger partial charge in [0.15, 0.2) is 30.5 Å². The van der Waals surface area contributed by atoms with Gasteiger partial charge in [-0.05, 0) is 52.9 Å². The number of sulfone groups is 2. The summed E-state index contributed by atoms with van der Waals surface area (Å²) in [6.45, 7) is 6.12. The molecule has 174 valence electrons. The minimum absolute atomic E-state index is 0.112. The first-order valence-corrected chi connectivity index (χ1v) is 13.9. The van der Waals surface area contributed by atoms with Crippen molar-refractivity contribution in [1.82, 2.24) is 4.98 Å². The van der Waals surface area contributed by atoms with Crippen molar-refractivity contribution in [3.05, 3.63) is 88.1 Å². The summed E-state index contributed by atoms with van der Waals surface area (Å²) in [7, 11) is -7.26. The molecule has 1 aromatic heterocycles. The van der Waals surface area contributed by atoms with Crippen LogP contribution >= 0.6 is 11.6 Å². The SMILES string of the molecule is CC(C)(C)c1ccc(S(=O)(=O)Cc2ccc(Cl)cc2C(=O)c2ccc(S(C)(=O)=O)nc2)cc1. The summed E-state index contributed by atoms with van der Waals surface area (Å²) in [4.78, 5) is 17.1. The summed E-state index contributed by atoms with van der Waals surface area (Å²) < 4.78 is 49.4. The predicted molar refractivity (Wildman–Crippen MR) is 128 cm³/mol. The van der Waals surface area contributed by atoms with Gasteiger partial charge in [-0.3, -0.25) is 4.79 Å². The Labute approximate surface area is 199 Å². The highest BCUT2D eigenvalue weighted by molar-refractivity contribution is 7.90. The number of hydrogen-bond acceptors (Lipinski definition) is 6. The van der Waals surface area contributed by atoms with Crippen molar-refractivity contribution < 1.29 is 21.6 Å². The maximum absolute atomic E-state index is 13.1. The fourth-order valence-corrected chi connectivity index (χ4v) is 5.34. The fraction of sp³-hybridized carbons (Fsp3) is 0.250. The maximum Gasteiger partial charge on any atom is 0.194 e. The van der Waals surface area contributed by atoms with Crippen LogP contribution in [0.3, 0.4) is 0 Å². The third-order valence-electron chi connectivity index (χ3n) is 5.12. The van der Waals surface area contributed by atoms with Crippen molar-refractivity contribution in [3.63, 3.8) is 0 Å². The molecule has 0 amide bonds. The highest BCUT2D eigenvalue weighted by Gasteiger charge is 2.23. The number of pyridine rings is 1. The van der Waals surface area contributed by atoms with Gasteiger partial charge in [0, 0.05) is 28.6 Å². The molecule has 0 aliphatic heterocycles. The summed E-state index contributed by atoms with van der Waals surface area (Å²) in [5, 5.41) is 0.112. The highest BCUT2D eigenvalue weighted by atomic mass is 35.5. The summed E-state index contributed by atoms with van der Waals surface area (Å²) in [6, 6.07) is 13.7. The number of carbonyl (C=O) groups excluding carboxylic acids is 1. The number of rotatable bonds is 6. The molecule has 0 unspecified atom stereocenters. The molecule has 3 aromatic rings. The number of hydrogen-bond donors (Lipinski definition) is 0. The second kappa shape index (κ2) is 9.00. The second-order valence-corrected chi connectivity index (χ2v) is 13.2. The molecule has 0 aliphatic rings. The van der Waals surface area contributed by atoms with Crippen LogP contribution in [0.2, 0.25) is 5.02 Å². The van der Waals surface area contributed by atoms with E-state index < -0.39 is 31.2 Å². The number of carbonyl (C=O) groups is 1. The minimum atomic E-state index is -3.74. The highest BCUT2D eigenvalue weighted by Crippen LogP contribution is 2.27. The molecule has 0 saturated heterocycles. The van der Waals surface area contributed by atoms with Crippen LogP contribution < -0.4 is 0 Å². The molecule has 0 aliphatic carbocycles. The Kier molecular flexibility index (Phi) is 6.84. The third kappa shape index (κ3) is 5.88. The Morgan fingerprint density at radius 1 is 0.939 bits per heavy atom. The van der Waals surface area contributed by atoms with Crippen molar-refractivity contribution in [1.29, 1.82) is 0 Å². The van der Waals surface area contributed by atoms with Crippen LogP contribution in [0.1, 0.15) is 47.8 Å². The van der Waals surface area contributed by atoms with Gasteiger partial charge in [-0.1, -0.05) is 50.6 Å². The lowest BCUT2D eigenvalue weighted by Crippen LogP contribution is -2.13. The molecule has 0 saturated carbocycles. The first kappa shape index (κ1) is 25.1. The standard InChI is InChI=1S/C24H24ClNO5S2/c1-24(2,3)18-7-10-20(11-8-18)33(30,31)15-17-5-9-19(25)13-21(17)23(27)16-6-12-22(26-14-16)32(4,28)29/h5-14H,15H2,1-4H3. The quantitative estimate of drug-likeness (QED) is 0.452. The molecule has 1 heterocycles. The monoisotopic (exact) mass is 505 g/mol. The van der Waals surface area contributed by atoms with E-state index in [1.165, 1.54) is 30.3 Å². The number of aromatic nitrogens is 1. The Hall–Kier alpha value is -2.55. The van der Waals surface area contributed by atoms with E-state index >= 15 is 0 Å². The van der Waals surface area contributed by atoms with Gasteiger partial charge < -0.3 is 0 Å². The van der Waals surface area contributed by atoms with Crippen molar-refractivity contribution in [2.75, 3.05) is 6.26 Å². The molecule has 9 heteroatoms. The van der Waals surface area contributed by atoms with E-state index in [9.17, 15) is 21.6 Å². The molecule has 0 spiro atoms. The molecule has 2 aromatic carbocycles. The molecule has 3 rings (SSSR count). The summed E-state index contributed by atoms with van der Waals surface area (Å²) in [5.41, 5.74) is 1.42. The molecular formula is C24H24ClNO5S2. The number of benzene rings is 2. The molecule has 0 bridgehead atoms. The Balaban J connectivity index is 1.96. The van der Waals surface area contributed by atoms with Crippen LogP contribution in [0.15, 0.2) is 70.7 Å². The predicted octanol–water partition coefficient (Wildman–Crippen LogP) is 4.64. The lowest BCUT2D eigenvalue weighted by Gasteiger charge is -2.19. The van der Waals surface area contributed by atoms with Crippen LogP contribution in [0, 0.1) is 0 Å². The molecule has 6 nitrogen and oxygen atoms in total. The van der Waals surface area contributed by atoms with Gasteiger partial charge in [-0.25, -0.2) is 21.8 Å². The van der Waals surface area contributed by atoms with Gasteiger partial charge in [0.05, 0.1) is 10.6 Å². The van der Waals surface area contributed by atoms with E-state index in [1.54, 1.807) is 24.3 Å². The molecule has 33 heavy (non-hydrogen) atoms. The lowest BCUT2D eigenvalue weighted by atomic mass is 9.87. The average Bonchev–Trinajstić information content (AvgIpc) is 2.73. The van der Waals surface area contributed by atoms with Crippen LogP contribution in [0.5, 0.6) is 0 Å². The van der Waals surface area contributed by atoms with Crippen molar-refractivity contribution in [2.45, 2.75) is 41.9 Å². The first-order valence-electron chi connectivity index (χ1n) is 10.0. The zero-order valence-electron chi connectivity index (χ0n) is 18.7. The summed E-state index contributed by atoms with van der Waals surface area (Å²) in [6.07, 6.45) is 2.17. The van der Waals surface area contributed by atoms with E-state index in [0.29, 0.717) is 0 Å². The van der Waals surface area contributed by atoms with Gasteiger partial charge in [0.1, 0.15) is 0 Å². The molecule has 0 fully saturated rings. The van der Waals surface area contributed by atoms with E-state index in [-0.39, 0.29) is 37.0 Å². The van der Waals surface area contributed by atoms with Crippen molar-refractivity contribution in [3.8, 4) is 0 Å². The zero-order chi connectivity index (χ0) is 24.6. The van der Waals surface area contributed by atoms with Gasteiger partial charge >= 0.3 is 0 Å². The van der Waals surface area contributed by atoms with Crippen molar-refractivity contribution in [2.24, 2.45) is 0 Å². The van der Waals surface area contributed by atoms with Gasteiger partial charge in [-0.2, -0.15) is 0 Å². The lowest BCUT2D eigenvalue weighted by molar-refractivity contribution is 0.103. The smallest absolute Gasteiger partial charge is 0.194 e. The van der Waals surface area contributed by atoms with Crippen LogP contribution in [-0.2, 0) is 30.8 Å². The number of ketones is 1. The zero-order valence-corrected chi connectivity index (χ0v) is 21.1. The average molecular weight is 506 g/mol. The van der Waals surface area contributed by atoms with Crippen molar-refractivity contribution >= 4 is 37.1 Å². The molecule has 0 radical (unpaired) electrons. The topological polar surface area (TPSA) is 98.2 Å². The minimum Gasteiger partial charge on any atom is -0.289 e. The summed E-state index contributed by atoms with van der Waals surface area (Å²) in [5.74, 6) is -0.895. The van der Waals surface area contributed by atoms with Gasteiger partial charge in [0.25, 0.3) is 0 Å². The third-order valence-corrected chi connectivity index (χ3v) is 8.04. The number of nitrogens with zero attached hydrogens (tertiary/aromatic N) is 1. The first-order chi connectivity index (χ1) is 15.2.